The lowest BCUT2D eigenvalue weighted by Gasteiger charge is -2.36. The number of rotatable bonds is 4. The molecule has 24 heavy (non-hydrogen) atoms. The van der Waals surface area contributed by atoms with E-state index in [2.05, 4.69) is 10.6 Å². The molecule has 1 fully saturated rings. The van der Waals surface area contributed by atoms with Crippen LogP contribution < -0.4 is 10.6 Å². The first-order valence-electron chi connectivity index (χ1n) is 7.65. The Morgan fingerprint density at radius 1 is 1.29 bits per heavy atom. The zero-order chi connectivity index (χ0) is 17.3. The van der Waals surface area contributed by atoms with Crippen molar-refractivity contribution < 1.29 is 24.3 Å². The van der Waals surface area contributed by atoms with Crippen LogP contribution in [0.4, 0.5) is 4.79 Å². The third kappa shape index (κ3) is 2.60. The van der Waals surface area contributed by atoms with Crippen LogP contribution in [-0.2, 0) is 26.3 Å². The van der Waals surface area contributed by atoms with E-state index in [1.807, 2.05) is 12.1 Å². The molecule has 4 amide bonds. The van der Waals surface area contributed by atoms with Crippen molar-refractivity contribution >= 4 is 23.8 Å². The number of fused-ring (bicyclic) bond motifs is 1. The van der Waals surface area contributed by atoms with E-state index in [0.717, 1.165) is 16.9 Å². The minimum atomic E-state index is -1.54. The fourth-order valence-corrected chi connectivity index (χ4v) is 3.28. The Morgan fingerprint density at radius 3 is 2.71 bits per heavy atom. The first-order chi connectivity index (χ1) is 11.4. The van der Waals surface area contributed by atoms with E-state index in [-0.39, 0.29) is 13.0 Å². The van der Waals surface area contributed by atoms with E-state index in [1.54, 1.807) is 12.1 Å². The average Bonchev–Trinajstić information content (AvgIpc) is 2.87. The zero-order valence-corrected chi connectivity index (χ0v) is 12.9. The number of aliphatic carboxylic acids is 1. The van der Waals surface area contributed by atoms with Gasteiger partial charge in [0.15, 0.2) is 5.54 Å². The highest BCUT2D eigenvalue weighted by Gasteiger charge is 2.45. The number of hydrogen-bond donors (Lipinski definition) is 3. The number of carboxylic acid groups (broad SMARTS) is 1. The van der Waals surface area contributed by atoms with Gasteiger partial charge in [-0.1, -0.05) is 24.3 Å². The lowest BCUT2D eigenvalue weighted by molar-refractivity contribution is -0.149. The van der Waals surface area contributed by atoms with E-state index in [9.17, 15) is 24.3 Å². The quantitative estimate of drug-likeness (QED) is 0.670. The summed E-state index contributed by atoms with van der Waals surface area (Å²) >= 11 is 0. The molecule has 126 valence electrons. The summed E-state index contributed by atoms with van der Waals surface area (Å²) < 4.78 is 0. The summed E-state index contributed by atoms with van der Waals surface area (Å²) in [6.45, 7) is -0.652. The van der Waals surface area contributed by atoms with Gasteiger partial charge in [-0.05, 0) is 30.4 Å². The van der Waals surface area contributed by atoms with Gasteiger partial charge in [0.25, 0.3) is 5.91 Å². The number of benzene rings is 1. The Hall–Kier alpha value is -2.90. The topological polar surface area (TPSA) is 116 Å². The molecule has 1 atom stereocenters. The van der Waals surface area contributed by atoms with Crippen LogP contribution in [0.2, 0.25) is 0 Å². The Morgan fingerprint density at radius 2 is 2.04 bits per heavy atom. The Labute approximate surface area is 137 Å². The maximum absolute atomic E-state index is 12.3. The molecule has 1 aromatic rings. The third-order valence-electron chi connectivity index (χ3n) is 4.43. The molecule has 1 saturated heterocycles. The molecule has 0 aromatic heterocycles. The van der Waals surface area contributed by atoms with Crippen molar-refractivity contribution in [2.75, 3.05) is 13.1 Å². The minimum Gasteiger partial charge on any atom is -0.479 e. The summed E-state index contributed by atoms with van der Waals surface area (Å²) in [4.78, 5) is 48.2. The lowest BCUT2D eigenvalue weighted by atomic mass is 9.76. The van der Waals surface area contributed by atoms with Gasteiger partial charge in [-0.3, -0.25) is 14.5 Å². The van der Waals surface area contributed by atoms with Gasteiger partial charge in [-0.2, -0.15) is 0 Å². The van der Waals surface area contributed by atoms with E-state index < -0.39 is 35.9 Å². The molecule has 0 spiro atoms. The van der Waals surface area contributed by atoms with E-state index in [4.69, 9.17) is 0 Å². The number of imide groups is 1. The molecule has 0 radical (unpaired) electrons. The number of nitrogens with one attached hydrogen (secondary N) is 2. The van der Waals surface area contributed by atoms with Crippen molar-refractivity contribution in [2.24, 2.45) is 0 Å². The summed E-state index contributed by atoms with van der Waals surface area (Å²) in [5.74, 6) is -2.34. The number of hydrogen-bond acceptors (Lipinski definition) is 4. The van der Waals surface area contributed by atoms with Crippen LogP contribution in [0.3, 0.4) is 0 Å². The summed E-state index contributed by atoms with van der Waals surface area (Å²) in [5, 5.41) is 14.6. The van der Waals surface area contributed by atoms with Gasteiger partial charge >= 0.3 is 12.0 Å². The van der Waals surface area contributed by atoms with Crippen molar-refractivity contribution in [2.45, 2.75) is 24.8 Å². The fourth-order valence-electron chi connectivity index (χ4n) is 3.28. The van der Waals surface area contributed by atoms with Crippen LogP contribution in [0.5, 0.6) is 0 Å². The Balaban J connectivity index is 1.85. The smallest absolute Gasteiger partial charge is 0.334 e. The van der Waals surface area contributed by atoms with Crippen molar-refractivity contribution in [1.82, 2.24) is 15.5 Å². The molecule has 1 aliphatic heterocycles. The number of carbonyl (C=O) groups excluding carboxylic acids is 3. The molecule has 0 unspecified atom stereocenters. The van der Waals surface area contributed by atoms with E-state index >= 15 is 0 Å². The van der Waals surface area contributed by atoms with E-state index in [0.29, 0.717) is 12.0 Å². The SMILES string of the molecule is O=C(CN1C(=O)CNC1=O)N[C@@]1(C(=O)O)CCCc2ccccc21. The van der Waals surface area contributed by atoms with Gasteiger partial charge in [0.1, 0.15) is 6.54 Å². The molecule has 8 nitrogen and oxygen atoms in total. The van der Waals surface area contributed by atoms with Crippen molar-refractivity contribution in [3.05, 3.63) is 35.4 Å². The van der Waals surface area contributed by atoms with Gasteiger partial charge in [0.05, 0.1) is 6.54 Å². The molecule has 8 heteroatoms. The maximum atomic E-state index is 12.3. The molecular formula is C16H17N3O5. The van der Waals surface area contributed by atoms with Crippen LogP contribution in [0.15, 0.2) is 24.3 Å². The van der Waals surface area contributed by atoms with Crippen molar-refractivity contribution in [3.63, 3.8) is 0 Å². The fraction of sp³-hybridized carbons (Fsp3) is 0.375. The highest BCUT2D eigenvalue weighted by Crippen LogP contribution is 2.35. The van der Waals surface area contributed by atoms with Crippen molar-refractivity contribution in [3.8, 4) is 0 Å². The molecule has 3 rings (SSSR count). The first kappa shape index (κ1) is 16.0. The lowest BCUT2D eigenvalue weighted by Crippen LogP contribution is -2.56. The number of nitrogens with zero attached hydrogens (tertiary/aromatic N) is 1. The monoisotopic (exact) mass is 331 g/mol. The number of urea groups is 1. The normalized spacial score (nSPS) is 22.8. The third-order valence-corrected chi connectivity index (χ3v) is 4.43. The van der Waals surface area contributed by atoms with Gasteiger partial charge in [-0.15, -0.1) is 0 Å². The molecule has 0 saturated carbocycles. The molecule has 2 aliphatic rings. The first-order valence-corrected chi connectivity index (χ1v) is 7.65. The molecule has 0 bridgehead atoms. The summed E-state index contributed by atoms with van der Waals surface area (Å²) in [6, 6.07) is 6.44. The van der Waals surface area contributed by atoms with Gasteiger partial charge in [0.2, 0.25) is 5.91 Å². The molecule has 1 heterocycles. The number of carboxylic acids is 1. The average molecular weight is 331 g/mol. The van der Waals surface area contributed by atoms with Crippen LogP contribution in [0, 0.1) is 0 Å². The van der Waals surface area contributed by atoms with Crippen molar-refractivity contribution in [1.29, 1.82) is 0 Å². The highest BCUT2D eigenvalue weighted by atomic mass is 16.4. The molecule has 1 aliphatic carbocycles. The number of aryl methyl sites for hydroxylation is 1. The highest BCUT2D eigenvalue weighted by molar-refractivity contribution is 6.05. The molecule has 1 aromatic carbocycles. The summed E-state index contributed by atoms with van der Waals surface area (Å²) in [6.07, 6.45) is 1.62. The van der Waals surface area contributed by atoms with Gasteiger partial charge < -0.3 is 15.7 Å². The predicted octanol–water partition coefficient (Wildman–Crippen LogP) is -0.0292. The summed E-state index contributed by atoms with van der Waals surface area (Å²) in [7, 11) is 0. The molecule has 3 N–H and O–H groups in total. The van der Waals surface area contributed by atoms with Crippen LogP contribution in [-0.4, -0.2) is 46.9 Å². The Kier molecular flexibility index (Phi) is 3.96. The van der Waals surface area contributed by atoms with Gasteiger partial charge in [0, 0.05) is 0 Å². The second kappa shape index (κ2) is 5.95. The standard InChI is InChI=1S/C16H17N3O5/c20-12(9-19-13(21)8-17-15(19)24)18-16(14(22)23)7-3-5-10-4-1-2-6-11(10)16/h1-2,4,6H,3,5,7-9H2,(H,17,24)(H,18,20)(H,22,23)/t16-/m0/s1. The molecular weight excluding hydrogens is 314 g/mol. The zero-order valence-electron chi connectivity index (χ0n) is 12.9. The van der Waals surface area contributed by atoms with E-state index in [1.165, 1.54) is 0 Å². The minimum absolute atomic E-state index is 0.154. The largest absolute Gasteiger partial charge is 0.479 e. The van der Waals surface area contributed by atoms with Crippen LogP contribution >= 0.6 is 0 Å². The summed E-state index contributed by atoms with van der Waals surface area (Å²) in [5.41, 5.74) is -0.110. The second-order valence-corrected chi connectivity index (χ2v) is 5.91. The second-order valence-electron chi connectivity index (χ2n) is 5.91. The number of carbonyl (C=O) groups is 4. The van der Waals surface area contributed by atoms with Gasteiger partial charge in [-0.25, -0.2) is 9.59 Å². The Bertz CT molecular complexity index is 716. The van der Waals surface area contributed by atoms with Crippen LogP contribution in [0.25, 0.3) is 0 Å². The number of amides is 4. The predicted molar refractivity (Wildman–Crippen MR) is 81.9 cm³/mol. The van der Waals surface area contributed by atoms with Crippen LogP contribution in [0.1, 0.15) is 24.0 Å². The maximum Gasteiger partial charge on any atom is 0.334 e.